The molecule has 4 heterocycles. The third-order valence-corrected chi connectivity index (χ3v) is 9.80. The van der Waals surface area contributed by atoms with Crippen molar-refractivity contribution in [2.24, 2.45) is 0 Å². The molecular weight excluding hydrogens is 647 g/mol. The van der Waals surface area contributed by atoms with Gasteiger partial charge in [-0.05, 0) is 76.8 Å². The summed E-state index contributed by atoms with van der Waals surface area (Å²) in [7, 11) is -2.71. The van der Waals surface area contributed by atoms with E-state index in [0.717, 1.165) is 33.6 Å². The van der Waals surface area contributed by atoms with Crippen LogP contribution in [0.5, 0.6) is 5.75 Å². The number of fused-ring (bicyclic) bond motifs is 1. The van der Waals surface area contributed by atoms with E-state index in [9.17, 15) is 13.4 Å². The van der Waals surface area contributed by atoms with Gasteiger partial charge in [0.1, 0.15) is 35.0 Å². The second kappa shape index (κ2) is 16.8. The predicted octanol–water partition coefficient (Wildman–Crippen LogP) is 3.76. The predicted molar refractivity (Wildman–Crippen MR) is 179 cm³/mol. The second-order valence-corrected chi connectivity index (χ2v) is 14.0. The molecule has 2 atom stereocenters. The second-order valence-electron chi connectivity index (χ2n) is 11.2. The van der Waals surface area contributed by atoms with Crippen LogP contribution in [0.2, 0.25) is 6.82 Å². The minimum Gasteiger partial charge on any atom is -0.491 e. The van der Waals surface area contributed by atoms with Gasteiger partial charge in [0.15, 0.2) is 6.29 Å². The number of hydrogen-bond donors (Lipinski definition) is 1. The van der Waals surface area contributed by atoms with E-state index in [4.69, 9.17) is 28.1 Å². The molecule has 14 nitrogen and oxygen atoms in total. The highest BCUT2D eigenvalue weighted by atomic mass is 32.2. The van der Waals surface area contributed by atoms with Gasteiger partial charge in [0.2, 0.25) is 0 Å². The molecular formula is C30H41BN6O8S2. The molecule has 1 saturated heterocycles. The van der Waals surface area contributed by atoms with Crippen LogP contribution in [0.15, 0.2) is 42.7 Å². The molecule has 17 heteroatoms. The first-order valence-electron chi connectivity index (χ1n) is 15.7. The van der Waals surface area contributed by atoms with Gasteiger partial charge in [-0.1, -0.05) is 5.21 Å². The molecule has 0 aliphatic carbocycles. The topological polar surface area (TPSA) is 160 Å². The Kier molecular flexibility index (Phi) is 12.5. The van der Waals surface area contributed by atoms with E-state index >= 15 is 0 Å². The van der Waals surface area contributed by atoms with Crippen LogP contribution in [-0.2, 0) is 41.7 Å². The van der Waals surface area contributed by atoms with Crippen molar-refractivity contribution in [2.75, 3.05) is 44.0 Å². The van der Waals surface area contributed by atoms with Crippen molar-refractivity contribution in [3.05, 3.63) is 48.4 Å². The number of aryl methyl sites for hydroxylation is 1. The minimum atomic E-state index is -3.83. The molecule has 1 aliphatic rings. The number of anilines is 1. The van der Waals surface area contributed by atoms with E-state index in [2.05, 4.69) is 15.3 Å². The standard InChI is InChI=1S/C30H41BN6O8S2/c1-4-41-19-23-18-37(35-34-23)13-7-15-47(39,40)44-21-25(45-29-8-5-6-14-42-29)20-43-24-10-11-26-27(16-24)46-30(33-26)22-9-12-28(32-17-22)36(3)31(2)38/h9-12,16-18,25,29,38H,4-8,13-15,19-21H2,1-3H3. The Morgan fingerprint density at radius 1 is 1.23 bits per heavy atom. The highest BCUT2D eigenvalue weighted by molar-refractivity contribution is 7.86. The molecule has 5 rings (SSSR count). The van der Waals surface area contributed by atoms with E-state index in [0.29, 0.717) is 56.5 Å². The zero-order valence-electron chi connectivity index (χ0n) is 26.9. The molecule has 2 unspecified atom stereocenters. The number of nitrogens with zero attached hydrogens (tertiary/aromatic N) is 6. The molecule has 0 amide bonds. The van der Waals surface area contributed by atoms with Gasteiger partial charge in [0.05, 0.1) is 35.4 Å². The van der Waals surface area contributed by atoms with Crippen LogP contribution in [-0.4, -0.2) is 97.1 Å². The van der Waals surface area contributed by atoms with Crippen molar-refractivity contribution in [3.8, 4) is 16.3 Å². The first-order valence-corrected chi connectivity index (χ1v) is 18.1. The lowest BCUT2D eigenvalue weighted by atomic mass is 9.86. The van der Waals surface area contributed by atoms with Crippen molar-refractivity contribution in [1.29, 1.82) is 0 Å². The summed E-state index contributed by atoms with van der Waals surface area (Å²) in [5.41, 5.74) is 2.37. The summed E-state index contributed by atoms with van der Waals surface area (Å²) in [6.45, 7) is 5.35. The van der Waals surface area contributed by atoms with Gasteiger partial charge in [0.25, 0.3) is 10.1 Å². The van der Waals surface area contributed by atoms with Crippen LogP contribution in [0.1, 0.15) is 38.3 Å². The lowest BCUT2D eigenvalue weighted by Gasteiger charge is -2.27. The lowest BCUT2D eigenvalue weighted by molar-refractivity contribution is -0.198. The van der Waals surface area contributed by atoms with Gasteiger partial charge < -0.3 is 28.8 Å². The van der Waals surface area contributed by atoms with E-state index in [-0.39, 0.29) is 19.0 Å². The third kappa shape index (κ3) is 10.4. The SMILES string of the molecule is CCOCc1cn(CCCS(=O)(=O)OCC(COc2ccc3nc(-c4ccc(N(C)B(C)O)nc4)sc3c2)OC2CCCCO2)nn1. The Balaban J connectivity index is 1.17. The molecule has 3 aromatic heterocycles. The van der Waals surface area contributed by atoms with Crippen molar-refractivity contribution < 1.29 is 36.6 Å². The van der Waals surface area contributed by atoms with Crippen molar-refractivity contribution in [3.63, 3.8) is 0 Å². The monoisotopic (exact) mass is 688 g/mol. The number of hydrogen-bond acceptors (Lipinski definition) is 14. The molecule has 0 spiro atoms. The average molecular weight is 689 g/mol. The first-order chi connectivity index (χ1) is 22.7. The maximum absolute atomic E-state index is 12.7. The number of thiazole rings is 1. The van der Waals surface area contributed by atoms with Crippen molar-refractivity contribution >= 4 is 44.5 Å². The largest absolute Gasteiger partial charge is 0.491 e. The Bertz CT molecular complexity index is 1660. The summed E-state index contributed by atoms with van der Waals surface area (Å²) < 4.78 is 56.6. The fraction of sp³-hybridized carbons (Fsp3) is 0.533. The highest BCUT2D eigenvalue weighted by Gasteiger charge is 2.24. The molecule has 4 aromatic rings. The van der Waals surface area contributed by atoms with Gasteiger partial charge in [-0.3, -0.25) is 8.86 Å². The summed E-state index contributed by atoms with van der Waals surface area (Å²) in [4.78, 5) is 10.9. The first kappa shape index (κ1) is 35.1. The van der Waals surface area contributed by atoms with Crippen LogP contribution in [0.4, 0.5) is 5.82 Å². The minimum absolute atomic E-state index is 0.0658. The van der Waals surface area contributed by atoms with Crippen molar-refractivity contribution in [2.45, 2.75) is 65.0 Å². The molecule has 1 aliphatic heterocycles. The fourth-order valence-corrected chi connectivity index (χ4v) is 6.69. The molecule has 254 valence electrons. The third-order valence-electron chi connectivity index (χ3n) is 7.45. The van der Waals surface area contributed by atoms with Gasteiger partial charge in [0, 0.05) is 31.5 Å². The lowest BCUT2D eigenvalue weighted by Crippen LogP contribution is -2.35. The normalized spacial score (nSPS) is 16.0. The highest BCUT2D eigenvalue weighted by Crippen LogP contribution is 2.33. The van der Waals surface area contributed by atoms with Crippen LogP contribution in [0, 0.1) is 0 Å². The molecule has 1 N–H and O–H groups in total. The number of ether oxygens (including phenoxy) is 4. The molecule has 0 saturated carbocycles. The number of aromatic nitrogens is 5. The average Bonchev–Trinajstić information content (AvgIpc) is 3.72. The van der Waals surface area contributed by atoms with Crippen LogP contribution in [0.25, 0.3) is 20.8 Å². The zero-order chi connectivity index (χ0) is 33.2. The molecule has 1 aromatic carbocycles. The summed E-state index contributed by atoms with van der Waals surface area (Å²) in [6, 6.07) is 9.37. The summed E-state index contributed by atoms with van der Waals surface area (Å²) in [6.07, 6.45) is 5.30. The van der Waals surface area contributed by atoms with E-state index in [1.165, 1.54) is 11.3 Å². The van der Waals surface area contributed by atoms with E-state index in [1.807, 2.05) is 37.3 Å². The number of pyridine rings is 1. The van der Waals surface area contributed by atoms with Crippen LogP contribution >= 0.6 is 11.3 Å². The van der Waals surface area contributed by atoms with Gasteiger partial charge in [-0.25, -0.2) is 9.97 Å². The number of benzene rings is 1. The quantitative estimate of drug-likeness (QED) is 0.119. The Hall–Kier alpha value is -3.19. The fourth-order valence-electron chi connectivity index (χ4n) is 4.74. The Labute approximate surface area is 279 Å². The van der Waals surface area contributed by atoms with Gasteiger partial charge in [-0.15, -0.1) is 16.4 Å². The molecule has 47 heavy (non-hydrogen) atoms. The summed E-state index contributed by atoms with van der Waals surface area (Å²) >= 11 is 1.51. The van der Waals surface area contributed by atoms with Crippen LogP contribution in [0.3, 0.4) is 0 Å². The maximum Gasteiger partial charge on any atom is 0.410 e. The zero-order valence-corrected chi connectivity index (χ0v) is 28.5. The molecule has 0 bridgehead atoms. The van der Waals surface area contributed by atoms with Gasteiger partial charge >= 0.3 is 7.05 Å². The summed E-state index contributed by atoms with van der Waals surface area (Å²) in [5.74, 6) is 1.07. The molecule has 1 fully saturated rings. The van der Waals surface area contributed by atoms with E-state index in [1.54, 1.807) is 35.8 Å². The summed E-state index contributed by atoms with van der Waals surface area (Å²) in [5, 5.41) is 18.6. The smallest absolute Gasteiger partial charge is 0.410 e. The van der Waals surface area contributed by atoms with Gasteiger partial charge in [-0.2, -0.15) is 8.42 Å². The Morgan fingerprint density at radius 2 is 2.11 bits per heavy atom. The number of rotatable bonds is 18. The van der Waals surface area contributed by atoms with E-state index < -0.39 is 29.6 Å². The van der Waals surface area contributed by atoms with Crippen LogP contribution < -0.4 is 9.55 Å². The van der Waals surface area contributed by atoms with Crippen molar-refractivity contribution in [1.82, 2.24) is 25.0 Å². The Morgan fingerprint density at radius 3 is 2.85 bits per heavy atom. The molecule has 0 radical (unpaired) electrons. The maximum atomic E-state index is 12.7.